The summed E-state index contributed by atoms with van der Waals surface area (Å²) < 4.78 is 9.53. The van der Waals surface area contributed by atoms with Gasteiger partial charge in [-0.3, -0.25) is 4.98 Å². The second-order valence-electron chi connectivity index (χ2n) is 4.75. The monoisotopic (exact) mass is 295 g/mol. The molecule has 1 N–H and O–H groups in total. The molecule has 2 amide bonds. The Bertz CT molecular complexity index is 451. The Morgan fingerprint density at radius 3 is 2.71 bits per heavy atom. The van der Waals surface area contributed by atoms with E-state index >= 15 is 0 Å². The molecule has 116 valence electrons. The molecule has 0 saturated carbocycles. The van der Waals surface area contributed by atoms with Gasteiger partial charge in [-0.05, 0) is 26.0 Å². The Labute approximate surface area is 124 Å². The summed E-state index contributed by atoms with van der Waals surface area (Å²) in [4.78, 5) is 28.4. The Kier molecular flexibility index (Phi) is 7.00. The van der Waals surface area contributed by atoms with E-state index in [1.54, 1.807) is 27.1 Å². The molecule has 0 aliphatic heterocycles. The minimum atomic E-state index is -0.617. The van der Waals surface area contributed by atoms with E-state index in [1.807, 2.05) is 18.2 Å². The number of alkyl carbamates (subject to hydrolysis) is 1. The number of pyridine rings is 1. The van der Waals surface area contributed by atoms with Gasteiger partial charge in [-0.25, -0.2) is 9.59 Å². The quantitative estimate of drug-likeness (QED) is 0.809. The standard InChI is InChI=1S/C14H21N3O4/c1-11(2)16-13(18)20-10-21-14(19)17(3)9-7-12-6-4-5-8-15-12/h4-6,8,11H,7,9-10H2,1-3H3,(H,16,18). The first-order valence-corrected chi connectivity index (χ1v) is 6.70. The van der Waals surface area contributed by atoms with Gasteiger partial charge in [0.25, 0.3) is 0 Å². The number of nitrogens with one attached hydrogen (secondary N) is 1. The third kappa shape index (κ3) is 7.14. The van der Waals surface area contributed by atoms with E-state index in [9.17, 15) is 9.59 Å². The summed E-state index contributed by atoms with van der Waals surface area (Å²) in [6.07, 6.45) is 1.16. The molecular weight excluding hydrogens is 274 g/mol. The Balaban J connectivity index is 2.21. The van der Waals surface area contributed by atoms with Crippen molar-refractivity contribution in [1.82, 2.24) is 15.2 Å². The van der Waals surface area contributed by atoms with E-state index in [0.29, 0.717) is 13.0 Å². The number of hydrogen-bond donors (Lipinski definition) is 1. The third-order valence-corrected chi connectivity index (χ3v) is 2.52. The molecule has 0 saturated heterocycles. The van der Waals surface area contributed by atoms with Gasteiger partial charge < -0.3 is 19.7 Å². The fraction of sp³-hybridized carbons (Fsp3) is 0.500. The van der Waals surface area contributed by atoms with Gasteiger partial charge in [0.2, 0.25) is 6.79 Å². The summed E-state index contributed by atoms with van der Waals surface area (Å²) >= 11 is 0. The number of rotatable bonds is 6. The maximum Gasteiger partial charge on any atom is 0.412 e. The fourth-order valence-electron chi connectivity index (χ4n) is 1.44. The van der Waals surface area contributed by atoms with Crippen LogP contribution in [0.2, 0.25) is 0 Å². The number of amides is 2. The van der Waals surface area contributed by atoms with E-state index in [0.717, 1.165) is 5.69 Å². The van der Waals surface area contributed by atoms with Crippen molar-refractivity contribution in [1.29, 1.82) is 0 Å². The normalized spacial score (nSPS) is 10.1. The van der Waals surface area contributed by atoms with Crippen molar-refractivity contribution < 1.29 is 19.1 Å². The molecule has 1 aromatic heterocycles. The molecule has 0 atom stereocenters. The molecule has 0 aliphatic carbocycles. The topological polar surface area (TPSA) is 80.8 Å². The van der Waals surface area contributed by atoms with Gasteiger partial charge in [0.15, 0.2) is 0 Å². The summed E-state index contributed by atoms with van der Waals surface area (Å²) in [5.41, 5.74) is 0.893. The number of aromatic nitrogens is 1. The molecule has 0 radical (unpaired) electrons. The second kappa shape index (κ2) is 8.78. The minimum absolute atomic E-state index is 0.0331. The van der Waals surface area contributed by atoms with Crippen LogP contribution in [0.25, 0.3) is 0 Å². The molecule has 1 heterocycles. The first kappa shape index (κ1) is 16.7. The molecule has 0 aromatic carbocycles. The zero-order chi connectivity index (χ0) is 15.7. The zero-order valence-electron chi connectivity index (χ0n) is 12.5. The van der Waals surface area contributed by atoms with Crippen molar-refractivity contribution in [2.75, 3.05) is 20.4 Å². The second-order valence-corrected chi connectivity index (χ2v) is 4.75. The maximum absolute atomic E-state index is 11.6. The molecule has 0 spiro atoms. The largest absolute Gasteiger partial charge is 0.412 e. The Hall–Kier alpha value is -2.31. The summed E-state index contributed by atoms with van der Waals surface area (Å²) in [5.74, 6) is 0. The number of likely N-dealkylation sites (N-methyl/N-ethyl adjacent to an activating group) is 1. The highest BCUT2D eigenvalue weighted by molar-refractivity contribution is 5.69. The van der Waals surface area contributed by atoms with Crippen LogP contribution in [-0.4, -0.2) is 48.5 Å². The molecule has 0 aliphatic rings. The number of ether oxygens (including phenoxy) is 2. The lowest BCUT2D eigenvalue weighted by Gasteiger charge is -2.16. The van der Waals surface area contributed by atoms with Gasteiger partial charge in [-0.1, -0.05) is 6.07 Å². The van der Waals surface area contributed by atoms with Gasteiger partial charge in [0.1, 0.15) is 0 Å². The van der Waals surface area contributed by atoms with Crippen molar-refractivity contribution >= 4 is 12.2 Å². The van der Waals surface area contributed by atoms with Crippen molar-refractivity contribution in [3.05, 3.63) is 30.1 Å². The molecular formula is C14H21N3O4. The third-order valence-electron chi connectivity index (χ3n) is 2.52. The lowest BCUT2D eigenvalue weighted by molar-refractivity contribution is 0.0103. The predicted molar refractivity (Wildman–Crippen MR) is 76.7 cm³/mol. The van der Waals surface area contributed by atoms with Gasteiger partial charge in [0, 0.05) is 37.9 Å². The summed E-state index contributed by atoms with van der Waals surface area (Å²) in [7, 11) is 1.61. The molecule has 0 unspecified atom stereocenters. The smallest absolute Gasteiger partial charge is 0.412 e. The number of nitrogens with zero attached hydrogens (tertiary/aromatic N) is 2. The molecule has 21 heavy (non-hydrogen) atoms. The average Bonchev–Trinajstić information content (AvgIpc) is 2.44. The van der Waals surface area contributed by atoms with E-state index in [-0.39, 0.29) is 6.04 Å². The zero-order valence-corrected chi connectivity index (χ0v) is 12.5. The highest BCUT2D eigenvalue weighted by atomic mass is 16.7. The van der Waals surface area contributed by atoms with E-state index in [1.165, 1.54) is 4.90 Å². The first-order chi connectivity index (χ1) is 9.99. The van der Waals surface area contributed by atoms with Crippen LogP contribution < -0.4 is 5.32 Å². The van der Waals surface area contributed by atoms with E-state index < -0.39 is 19.0 Å². The van der Waals surface area contributed by atoms with Crippen molar-refractivity contribution in [3.8, 4) is 0 Å². The molecule has 7 nitrogen and oxygen atoms in total. The Morgan fingerprint density at radius 1 is 1.33 bits per heavy atom. The van der Waals surface area contributed by atoms with Gasteiger partial charge >= 0.3 is 12.2 Å². The fourth-order valence-corrected chi connectivity index (χ4v) is 1.44. The molecule has 7 heteroatoms. The van der Waals surface area contributed by atoms with Crippen LogP contribution in [-0.2, 0) is 15.9 Å². The highest BCUT2D eigenvalue weighted by Gasteiger charge is 2.11. The SMILES string of the molecule is CC(C)NC(=O)OCOC(=O)N(C)CCc1ccccn1. The highest BCUT2D eigenvalue weighted by Crippen LogP contribution is 1.98. The first-order valence-electron chi connectivity index (χ1n) is 6.70. The van der Waals surface area contributed by atoms with Gasteiger partial charge in [0.05, 0.1) is 0 Å². The van der Waals surface area contributed by atoms with Crippen molar-refractivity contribution in [2.45, 2.75) is 26.3 Å². The molecule has 1 aromatic rings. The minimum Gasteiger partial charge on any atom is -0.412 e. The van der Waals surface area contributed by atoms with Gasteiger partial charge in [-0.2, -0.15) is 0 Å². The van der Waals surface area contributed by atoms with Crippen LogP contribution >= 0.6 is 0 Å². The summed E-state index contributed by atoms with van der Waals surface area (Å²) in [5, 5.41) is 2.52. The van der Waals surface area contributed by atoms with E-state index in [2.05, 4.69) is 10.3 Å². The van der Waals surface area contributed by atoms with Crippen LogP contribution in [0.1, 0.15) is 19.5 Å². The van der Waals surface area contributed by atoms with Crippen LogP contribution in [0.3, 0.4) is 0 Å². The predicted octanol–water partition coefficient (Wildman–Crippen LogP) is 1.78. The van der Waals surface area contributed by atoms with Crippen LogP contribution in [0.15, 0.2) is 24.4 Å². The van der Waals surface area contributed by atoms with Crippen LogP contribution in [0, 0.1) is 0 Å². The lowest BCUT2D eigenvalue weighted by atomic mass is 10.2. The van der Waals surface area contributed by atoms with Crippen LogP contribution in [0.5, 0.6) is 0 Å². The maximum atomic E-state index is 11.6. The number of hydrogen-bond acceptors (Lipinski definition) is 5. The van der Waals surface area contributed by atoms with E-state index in [4.69, 9.17) is 9.47 Å². The van der Waals surface area contributed by atoms with Crippen molar-refractivity contribution in [2.24, 2.45) is 0 Å². The Morgan fingerprint density at radius 2 is 2.10 bits per heavy atom. The summed E-state index contributed by atoms with van der Waals surface area (Å²) in [6, 6.07) is 5.58. The van der Waals surface area contributed by atoms with Crippen LogP contribution in [0.4, 0.5) is 9.59 Å². The molecule has 0 bridgehead atoms. The molecule has 1 rings (SSSR count). The average molecular weight is 295 g/mol. The lowest BCUT2D eigenvalue weighted by Crippen LogP contribution is -2.33. The number of carbonyl (C=O) groups is 2. The number of carbonyl (C=O) groups excluding carboxylic acids is 2. The summed E-state index contributed by atoms with van der Waals surface area (Å²) in [6.45, 7) is 3.66. The van der Waals surface area contributed by atoms with Gasteiger partial charge in [-0.15, -0.1) is 0 Å². The van der Waals surface area contributed by atoms with Crippen molar-refractivity contribution in [3.63, 3.8) is 0 Å². The molecule has 0 fully saturated rings.